The van der Waals surface area contributed by atoms with E-state index in [1.807, 2.05) is 36.4 Å². The molecule has 2 N–H and O–H groups in total. The third kappa shape index (κ3) is 6.87. The van der Waals surface area contributed by atoms with Crippen molar-refractivity contribution >= 4 is 39.7 Å². The highest BCUT2D eigenvalue weighted by molar-refractivity contribution is 7.15. The van der Waals surface area contributed by atoms with Gasteiger partial charge in [0.25, 0.3) is 0 Å². The molecular weight excluding hydrogens is 506 g/mol. The van der Waals surface area contributed by atoms with Crippen LogP contribution in [0.1, 0.15) is 42.3 Å². The minimum atomic E-state index is -0.869. The Bertz CT molecular complexity index is 1180. The molecule has 3 aromatic rings. The van der Waals surface area contributed by atoms with Crippen molar-refractivity contribution in [2.45, 2.75) is 51.8 Å². The number of hydrogen-bond donors (Lipinski definition) is 2. The first-order valence-corrected chi connectivity index (χ1v) is 14.3. The number of hydrogen-bond acceptors (Lipinski definition) is 7. The monoisotopic (exact) mass is 539 g/mol. The number of aryl methyl sites for hydroxylation is 2. The molecule has 3 heterocycles. The minimum Gasteiger partial charge on any atom is -0.373 e. The SMILES string of the molecule is CC1CCN(Cc2ccc(N3CC(C(O)Nc4nnc(CCc5ccc(Cl)cc5)s4)CC3=O)cc2)CC1. The van der Waals surface area contributed by atoms with Gasteiger partial charge in [-0.25, -0.2) is 0 Å². The van der Waals surface area contributed by atoms with Gasteiger partial charge in [-0.15, -0.1) is 10.2 Å². The smallest absolute Gasteiger partial charge is 0.227 e. The Labute approximate surface area is 227 Å². The number of halogens is 1. The molecule has 0 radical (unpaired) electrons. The molecule has 7 nitrogen and oxygen atoms in total. The van der Waals surface area contributed by atoms with Crippen LogP contribution in [0.4, 0.5) is 10.8 Å². The summed E-state index contributed by atoms with van der Waals surface area (Å²) in [5.74, 6) is 0.639. The summed E-state index contributed by atoms with van der Waals surface area (Å²) < 4.78 is 0. The lowest BCUT2D eigenvalue weighted by atomic mass is 9.99. The third-order valence-corrected chi connectivity index (χ3v) is 8.58. The fourth-order valence-electron chi connectivity index (χ4n) is 5.02. The third-order valence-electron chi connectivity index (χ3n) is 7.41. The number of nitrogens with zero attached hydrogens (tertiary/aromatic N) is 4. The number of anilines is 2. The fraction of sp³-hybridized carbons (Fsp3) is 0.464. The molecule has 1 aromatic heterocycles. The number of carbonyl (C=O) groups is 1. The largest absolute Gasteiger partial charge is 0.373 e. The maximum absolute atomic E-state index is 12.8. The van der Waals surface area contributed by atoms with E-state index < -0.39 is 6.23 Å². The topological polar surface area (TPSA) is 81.6 Å². The van der Waals surface area contributed by atoms with Crippen LogP contribution < -0.4 is 10.2 Å². The number of rotatable bonds is 9. The molecule has 9 heteroatoms. The molecule has 2 aliphatic heterocycles. The molecule has 2 unspecified atom stereocenters. The van der Waals surface area contributed by atoms with Crippen molar-refractivity contribution in [3.63, 3.8) is 0 Å². The van der Waals surface area contributed by atoms with Crippen LogP contribution in [0.5, 0.6) is 0 Å². The molecule has 0 bridgehead atoms. The Balaban J connectivity index is 1.11. The number of amides is 1. The highest BCUT2D eigenvalue weighted by Gasteiger charge is 2.35. The molecule has 0 spiro atoms. The van der Waals surface area contributed by atoms with Crippen molar-refractivity contribution in [1.82, 2.24) is 15.1 Å². The van der Waals surface area contributed by atoms with E-state index in [9.17, 15) is 9.90 Å². The van der Waals surface area contributed by atoms with Crippen LogP contribution in [-0.2, 0) is 24.2 Å². The van der Waals surface area contributed by atoms with Gasteiger partial charge < -0.3 is 15.3 Å². The first-order chi connectivity index (χ1) is 17.9. The molecule has 5 rings (SSSR count). The minimum absolute atomic E-state index is 0.0320. The van der Waals surface area contributed by atoms with E-state index in [0.717, 1.165) is 54.1 Å². The van der Waals surface area contributed by atoms with E-state index in [4.69, 9.17) is 11.6 Å². The number of aliphatic hydroxyl groups excluding tert-OH is 1. The Hall–Kier alpha value is -2.52. The Kier molecular flexibility index (Phi) is 8.39. The lowest BCUT2D eigenvalue weighted by Crippen LogP contribution is -2.32. The zero-order valence-corrected chi connectivity index (χ0v) is 22.7. The maximum Gasteiger partial charge on any atom is 0.227 e. The van der Waals surface area contributed by atoms with Gasteiger partial charge in [-0.05, 0) is 73.7 Å². The van der Waals surface area contributed by atoms with Gasteiger partial charge >= 0.3 is 0 Å². The van der Waals surface area contributed by atoms with E-state index >= 15 is 0 Å². The van der Waals surface area contributed by atoms with Crippen LogP contribution in [-0.4, -0.2) is 52.0 Å². The summed E-state index contributed by atoms with van der Waals surface area (Å²) in [5, 5.41) is 24.5. The zero-order valence-electron chi connectivity index (χ0n) is 21.1. The second kappa shape index (κ2) is 11.9. The van der Waals surface area contributed by atoms with Crippen molar-refractivity contribution in [3.05, 3.63) is 69.7 Å². The quantitative estimate of drug-likeness (QED) is 0.373. The lowest BCUT2D eigenvalue weighted by molar-refractivity contribution is -0.117. The molecule has 0 saturated carbocycles. The Morgan fingerprint density at radius 1 is 1.05 bits per heavy atom. The van der Waals surface area contributed by atoms with Crippen molar-refractivity contribution < 1.29 is 9.90 Å². The molecule has 0 aliphatic carbocycles. The maximum atomic E-state index is 12.8. The van der Waals surface area contributed by atoms with E-state index in [-0.39, 0.29) is 11.8 Å². The average molecular weight is 540 g/mol. The van der Waals surface area contributed by atoms with Crippen LogP contribution in [0.2, 0.25) is 5.02 Å². The van der Waals surface area contributed by atoms with Crippen molar-refractivity contribution in [2.24, 2.45) is 11.8 Å². The van der Waals surface area contributed by atoms with Gasteiger partial charge in [-0.3, -0.25) is 9.69 Å². The molecule has 196 valence electrons. The number of nitrogens with one attached hydrogen (secondary N) is 1. The van der Waals surface area contributed by atoms with E-state index in [1.54, 1.807) is 4.90 Å². The van der Waals surface area contributed by atoms with Crippen LogP contribution in [0.25, 0.3) is 0 Å². The first-order valence-electron chi connectivity index (χ1n) is 13.1. The van der Waals surface area contributed by atoms with Gasteiger partial charge in [0.1, 0.15) is 11.2 Å². The number of likely N-dealkylation sites (tertiary alicyclic amines) is 1. The van der Waals surface area contributed by atoms with Crippen molar-refractivity contribution in [2.75, 3.05) is 29.9 Å². The van der Waals surface area contributed by atoms with Gasteiger partial charge in [0.2, 0.25) is 11.0 Å². The fourth-order valence-corrected chi connectivity index (χ4v) is 5.91. The molecule has 2 atom stereocenters. The van der Waals surface area contributed by atoms with E-state index in [0.29, 0.717) is 18.1 Å². The standard InChI is InChI=1S/C28H34ClN5O2S/c1-19-12-14-33(15-13-19)17-21-4-9-24(10-5-21)34-18-22(16-26(34)35)27(36)30-28-32-31-25(37-28)11-6-20-2-7-23(29)8-3-20/h2-5,7-10,19,22,27,36H,6,11-18H2,1H3,(H,30,32). The van der Waals surface area contributed by atoms with E-state index in [2.05, 4.69) is 39.5 Å². The molecule has 2 fully saturated rings. The highest BCUT2D eigenvalue weighted by Crippen LogP contribution is 2.29. The number of benzene rings is 2. The van der Waals surface area contributed by atoms with Crippen molar-refractivity contribution in [1.29, 1.82) is 0 Å². The summed E-state index contributed by atoms with van der Waals surface area (Å²) >= 11 is 7.39. The molecular formula is C28H34ClN5O2S. The summed E-state index contributed by atoms with van der Waals surface area (Å²) in [6.07, 6.45) is 3.56. The van der Waals surface area contributed by atoms with Gasteiger partial charge in [0, 0.05) is 42.6 Å². The number of carbonyl (C=O) groups excluding carboxylic acids is 1. The molecule has 2 aromatic carbocycles. The Morgan fingerprint density at radius 2 is 1.76 bits per heavy atom. The summed E-state index contributed by atoms with van der Waals surface area (Å²) in [7, 11) is 0. The van der Waals surface area contributed by atoms with Crippen LogP contribution in [0, 0.1) is 11.8 Å². The molecule has 2 saturated heterocycles. The van der Waals surface area contributed by atoms with Crippen LogP contribution >= 0.6 is 22.9 Å². The second-order valence-corrected chi connectivity index (χ2v) is 11.8. The van der Waals surface area contributed by atoms with Crippen molar-refractivity contribution in [3.8, 4) is 0 Å². The summed E-state index contributed by atoms with van der Waals surface area (Å²) in [5.41, 5.74) is 3.34. The number of piperidine rings is 1. The summed E-state index contributed by atoms with van der Waals surface area (Å²) in [6, 6.07) is 16.1. The lowest BCUT2D eigenvalue weighted by Gasteiger charge is -2.30. The molecule has 2 aliphatic rings. The number of aliphatic hydroxyl groups is 1. The second-order valence-electron chi connectivity index (χ2n) is 10.3. The van der Waals surface area contributed by atoms with Gasteiger partial charge in [0.05, 0.1) is 0 Å². The predicted octanol–water partition coefficient (Wildman–Crippen LogP) is 4.99. The molecule has 1 amide bonds. The number of aromatic nitrogens is 2. The normalized spacial score (nSPS) is 19.9. The van der Waals surface area contributed by atoms with E-state index in [1.165, 1.54) is 35.3 Å². The highest BCUT2D eigenvalue weighted by atomic mass is 35.5. The predicted molar refractivity (Wildman–Crippen MR) is 149 cm³/mol. The van der Waals surface area contributed by atoms with Gasteiger partial charge in [-0.2, -0.15) is 0 Å². The zero-order chi connectivity index (χ0) is 25.8. The first kappa shape index (κ1) is 26.1. The Morgan fingerprint density at radius 3 is 2.49 bits per heavy atom. The summed E-state index contributed by atoms with van der Waals surface area (Å²) in [6.45, 7) is 6.06. The average Bonchev–Trinajstić information content (AvgIpc) is 3.52. The van der Waals surface area contributed by atoms with Crippen LogP contribution in [0.15, 0.2) is 48.5 Å². The van der Waals surface area contributed by atoms with Gasteiger partial charge in [0.15, 0.2) is 0 Å². The summed E-state index contributed by atoms with van der Waals surface area (Å²) in [4.78, 5) is 17.0. The molecule has 37 heavy (non-hydrogen) atoms. The van der Waals surface area contributed by atoms with Crippen LogP contribution in [0.3, 0.4) is 0 Å². The van der Waals surface area contributed by atoms with Gasteiger partial charge in [-0.1, -0.05) is 54.1 Å².